The Bertz CT molecular complexity index is 425. The van der Waals surface area contributed by atoms with Crippen LogP contribution in [0.5, 0.6) is 0 Å². The van der Waals surface area contributed by atoms with Gasteiger partial charge in [-0.3, -0.25) is 10.1 Å². The molecule has 0 aliphatic rings. The van der Waals surface area contributed by atoms with Gasteiger partial charge in [0.25, 0.3) is 5.69 Å². The van der Waals surface area contributed by atoms with E-state index >= 15 is 0 Å². The number of nitro benzene ring substituents is 1. The van der Waals surface area contributed by atoms with Crippen molar-refractivity contribution < 1.29 is 9.35 Å². The molecule has 1 aromatic rings. The first-order valence-electron chi connectivity index (χ1n) is 6.13. The summed E-state index contributed by atoms with van der Waals surface area (Å²) in [5.74, 6) is 0. The lowest BCUT2D eigenvalue weighted by molar-refractivity contribution is -0.384. The van der Waals surface area contributed by atoms with Crippen molar-refractivity contribution in [3.8, 4) is 0 Å². The van der Waals surface area contributed by atoms with Crippen LogP contribution in [0.4, 0.5) is 5.69 Å². The number of hydrogen-bond donors (Lipinski definition) is 0. The van der Waals surface area contributed by atoms with Gasteiger partial charge in [-0.2, -0.15) is 0 Å². The maximum Gasteiger partial charge on any atom is 0.269 e. The van der Waals surface area contributed by atoms with Crippen LogP contribution in [-0.4, -0.2) is 13.2 Å². The lowest BCUT2D eigenvalue weighted by Crippen LogP contribution is -2.38. The SMILES string of the molecule is CCC(C)(O[Si](C)(C)C)c1ccc([N+](=O)[O-])cc1. The molecular formula is C13H21NO3Si. The van der Waals surface area contributed by atoms with Crippen molar-refractivity contribution in [3.63, 3.8) is 0 Å². The predicted molar refractivity (Wildman–Crippen MR) is 75.2 cm³/mol. The summed E-state index contributed by atoms with van der Waals surface area (Å²) in [6.45, 7) is 10.6. The van der Waals surface area contributed by atoms with Crippen molar-refractivity contribution in [2.75, 3.05) is 0 Å². The van der Waals surface area contributed by atoms with E-state index in [1.807, 2.05) is 6.92 Å². The first-order chi connectivity index (χ1) is 8.18. The zero-order valence-electron chi connectivity index (χ0n) is 11.7. The normalized spacial score (nSPS) is 15.2. The first-order valence-corrected chi connectivity index (χ1v) is 9.54. The van der Waals surface area contributed by atoms with Crippen LogP contribution >= 0.6 is 0 Å². The van der Waals surface area contributed by atoms with Crippen molar-refractivity contribution in [2.45, 2.75) is 45.5 Å². The van der Waals surface area contributed by atoms with Crippen molar-refractivity contribution in [1.82, 2.24) is 0 Å². The van der Waals surface area contributed by atoms with Crippen LogP contribution in [0.25, 0.3) is 0 Å². The summed E-state index contributed by atoms with van der Waals surface area (Å²) in [5, 5.41) is 10.6. The third kappa shape index (κ3) is 3.65. The van der Waals surface area contributed by atoms with Crippen LogP contribution in [0, 0.1) is 10.1 Å². The van der Waals surface area contributed by atoms with E-state index in [2.05, 4.69) is 26.6 Å². The van der Waals surface area contributed by atoms with Gasteiger partial charge in [0.2, 0.25) is 0 Å². The molecule has 0 heterocycles. The number of nitro groups is 1. The van der Waals surface area contributed by atoms with Crippen LogP contribution in [0.2, 0.25) is 19.6 Å². The number of rotatable bonds is 5. The van der Waals surface area contributed by atoms with E-state index in [0.717, 1.165) is 12.0 Å². The van der Waals surface area contributed by atoms with E-state index in [0.29, 0.717) is 0 Å². The highest BCUT2D eigenvalue weighted by Crippen LogP contribution is 2.33. The zero-order valence-corrected chi connectivity index (χ0v) is 12.7. The topological polar surface area (TPSA) is 52.4 Å². The highest BCUT2D eigenvalue weighted by molar-refractivity contribution is 6.69. The fourth-order valence-corrected chi connectivity index (χ4v) is 3.56. The molecule has 1 rings (SSSR count). The minimum atomic E-state index is -1.67. The number of nitrogens with zero attached hydrogens (tertiary/aromatic N) is 1. The molecule has 0 aliphatic heterocycles. The summed E-state index contributed by atoms with van der Waals surface area (Å²) in [6, 6.07) is 6.66. The van der Waals surface area contributed by atoms with Gasteiger partial charge in [0.1, 0.15) is 0 Å². The molecule has 5 heteroatoms. The molecule has 1 atom stereocenters. The van der Waals surface area contributed by atoms with Crippen molar-refractivity contribution in [3.05, 3.63) is 39.9 Å². The molecule has 0 N–H and O–H groups in total. The van der Waals surface area contributed by atoms with Gasteiger partial charge in [-0.15, -0.1) is 0 Å². The molecule has 4 nitrogen and oxygen atoms in total. The zero-order chi connectivity index (χ0) is 14.0. The molecule has 0 saturated heterocycles. The molecular weight excluding hydrogens is 246 g/mol. The van der Waals surface area contributed by atoms with E-state index in [-0.39, 0.29) is 16.2 Å². The summed E-state index contributed by atoms with van der Waals surface area (Å²) in [4.78, 5) is 10.3. The monoisotopic (exact) mass is 267 g/mol. The minimum Gasteiger partial charge on any atom is -0.408 e. The molecule has 0 amide bonds. The summed E-state index contributed by atoms with van der Waals surface area (Å²) in [6.07, 6.45) is 0.842. The van der Waals surface area contributed by atoms with E-state index < -0.39 is 8.32 Å². The Morgan fingerprint density at radius 2 is 1.78 bits per heavy atom. The molecule has 1 unspecified atom stereocenters. The fraction of sp³-hybridized carbons (Fsp3) is 0.538. The smallest absolute Gasteiger partial charge is 0.269 e. The largest absolute Gasteiger partial charge is 0.408 e. The van der Waals surface area contributed by atoms with Crippen LogP contribution in [-0.2, 0) is 10.0 Å². The second-order valence-electron chi connectivity index (χ2n) is 5.60. The molecule has 0 aliphatic carbocycles. The molecule has 100 valence electrons. The average Bonchev–Trinajstić information content (AvgIpc) is 2.27. The standard InChI is InChI=1S/C13H21NO3Si/c1-6-13(2,17-18(3,4)5)11-7-9-12(10-8-11)14(15)16/h7-10H,6H2,1-5H3. The maximum atomic E-state index is 10.6. The van der Waals surface area contributed by atoms with E-state index in [1.165, 1.54) is 12.1 Å². The van der Waals surface area contributed by atoms with Gasteiger partial charge in [0, 0.05) is 12.1 Å². The van der Waals surface area contributed by atoms with Gasteiger partial charge in [-0.25, -0.2) is 0 Å². The fourth-order valence-electron chi connectivity index (χ4n) is 1.95. The predicted octanol–water partition coefficient (Wildman–Crippen LogP) is 4.07. The number of non-ortho nitro benzene ring substituents is 1. The van der Waals surface area contributed by atoms with Gasteiger partial charge >= 0.3 is 0 Å². The highest BCUT2D eigenvalue weighted by atomic mass is 28.4. The van der Waals surface area contributed by atoms with Gasteiger partial charge in [-0.05, 0) is 50.7 Å². The van der Waals surface area contributed by atoms with Crippen LogP contribution in [0.1, 0.15) is 25.8 Å². The molecule has 1 aromatic carbocycles. The summed E-state index contributed by atoms with van der Waals surface area (Å²) >= 11 is 0. The van der Waals surface area contributed by atoms with Gasteiger partial charge in [-0.1, -0.05) is 6.92 Å². The molecule has 0 saturated carbocycles. The third-order valence-electron chi connectivity index (χ3n) is 2.89. The molecule has 0 spiro atoms. The first kappa shape index (κ1) is 14.9. The van der Waals surface area contributed by atoms with Gasteiger partial charge < -0.3 is 4.43 Å². The van der Waals surface area contributed by atoms with Crippen LogP contribution < -0.4 is 0 Å². The molecule has 0 fully saturated rings. The quantitative estimate of drug-likeness (QED) is 0.459. The third-order valence-corrected chi connectivity index (χ3v) is 3.96. The van der Waals surface area contributed by atoms with Crippen LogP contribution in [0.15, 0.2) is 24.3 Å². The van der Waals surface area contributed by atoms with Crippen molar-refractivity contribution in [2.24, 2.45) is 0 Å². The van der Waals surface area contributed by atoms with E-state index in [4.69, 9.17) is 4.43 Å². The van der Waals surface area contributed by atoms with Crippen LogP contribution in [0.3, 0.4) is 0 Å². The Morgan fingerprint density at radius 1 is 1.28 bits per heavy atom. The molecule has 0 aromatic heterocycles. The molecule has 18 heavy (non-hydrogen) atoms. The van der Waals surface area contributed by atoms with Gasteiger partial charge in [0.15, 0.2) is 8.32 Å². The Hall–Kier alpha value is -1.20. The average molecular weight is 267 g/mol. The lowest BCUT2D eigenvalue weighted by Gasteiger charge is -2.36. The summed E-state index contributed by atoms with van der Waals surface area (Å²) in [5.41, 5.74) is 0.753. The molecule has 0 radical (unpaired) electrons. The summed E-state index contributed by atoms with van der Waals surface area (Å²) in [7, 11) is -1.67. The Morgan fingerprint density at radius 3 is 2.11 bits per heavy atom. The maximum absolute atomic E-state index is 10.6. The summed E-state index contributed by atoms with van der Waals surface area (Å²) < 4.78 is 6.23. The second kappa shape index (κ2) is 5.20. The number of hydrogen-bond acceptors (Lipinski definition) is 3. The second-order valence-corrected chi connectivity index (χ2v) is 10.0. The Labute approximate surface area is 109 Å². The Kier molecular flexibility index (Phi) is 4.29. The minimum absolute atomic E-state index is 0.116. The highest BCUT2D eigenvalue weighted by Gasteiger charge is 2.31. The van der Waals surface area contributed by atoms with Crippen molar-refractivity contribution >= 4 is 14.0 Å². The molecule has 0 bridgehead atoms. The van der Waals surface area contributed by atoms with Crippen molar-refractivity contribution in [1.29, 1.82) is 0 Å². The van der Waals surface area contributed by atoms with E-state index in [1.54, 1.807) is 12.1 Å². The van der Waals surface area contributed by atoms with Gasteiger partial charge in [0.05, 0.1) is 10.5 Å². The lowest BCUT2D eigenvalue weighted by atomic mass is 9.93. The number of benzene rings is 1. The Balaban J connectivity index is 3.05. The van der Waals surface area contributed by atoms with E-state index in [9.17, 15) is 10.1 Å².